The predicted octanol–water partition coefficient (Wildman–Crippen LogP) is 2.88. The van der Waals surface area contributed by atoms with Crippen molar-refractivity contribution in [2.75, 3.05) is 26.4 Å². The molecular weight excluding hydrogens is 216 g/mol. The van der Waals surface area contributed by atoms with Crippen molar-refractivity contribution in [3.8, 4) is 0 Å². The monoisotopic (exact) mass is 244 g/mol. The highest BCUT2D eigenvalue weighted by molar-refractivity contribution is 4.84. The highest BCUT2D eigenvalue weighted by Crippen LogP contribution is 2.29. The zero-order valence-electron chi connectivity index (χ0n) is 12.2. The Labute approximate surface area is 106 Å². The van der Waals surface area contributed by atoms with E-state index in [0.29, 0.717) is 19.8 Å². The van der Waals surface area contributed by atoms with Gasteiger partial charge in [0.15, 0.2) is 0 Å². The summed E-state index contributed by atoms with van der Waals surface area (Å²) in [5.41, 5.74) is 0.246. The van der Waals surface area contributed by atoms with E-state index in [9.17, 15) is 0 Å². The standard InChI is InChI=1S/C14H28O3/c1-13(2,3)10-17-12(14(4,5)6)11-9-15-7-8-16-11/h11-12H,7-10H2,1-6H3. The quantitative estimate of drug-likeness (QED) is 0.764. The van der Waals surface area contributed by atoms with E-state index >= 15 is 0 Å². The van der Waals surface area contributed by atoms with Crippen LogP contribution < -0.4 is 0 Å². The van der Waals surface area contributed by atoms with E-state index in [4.69, 9.17) is 14.2 Å². The molecule has 102 valence electrons. The maximum atomic E-state index is 6.11. The lowest BCUT2D eigenvalue weighted by Crippen LogP contribution is -2.47. The molecule has 0 bridgehead atoms. The lowest BCUT2D eigenvalue weighted by Gasteiger charge is -2.39. The Morgan fingerprint density at radius 2 is 1.76 bits per heavy atom. The summed E-state index contributed by atoms with van der Waals surface area (Å²) in [5.74, 6) is 0. The normalized spacial score (nSPS) is 24.7. The average Bonchev–Trinajstić information content (AvgIpc) is 2.15. The number of ether oxygens (including phenoxy) is 3. The van der Waals surface area contributed by atoms with Crippen molar-refractivity contribution in [2.45, 2.75) is 53.8 Å². The van der Waals surface area contributed by atoms with Crippen LogP contribution in [0.15, 0.2) is 0 Å². The van der Waals surface area contributed by atoms with Crippen molar-refractivity contribution in [3.05, 3.63) is 0 Å². The van der Waals surface area contributed by atoms with Crippen LogP contribution >= 0.6 is 0 Å². The number of hydrogen-bond acceptors (Lipinski definition) is 3. The average molecular weight is 244 g/mol. The molecule has 0 N–H and O–H groups in total. The first-order valence-corrected chi connectivity index (χ1v) is 6.51. The Morgan fingerprint density at radius 3 is 2.18 bits per heavy atom. The lowest BCUT2D eigenvalue weighted by atomic mass is 9.85. The molecule has 2 atom stereocenters. The van der Waals surface area contributed by atoms with Crippen LogP contribution in [0.25, 0.3) is 0 Å². The smallest absolute Gasteiger partial charge is 0.108 e. The summed E-state index contributed by atoms with van der Waals surface area (Å²) in [6, 6.07) is 0. The minimum absolute atomic E-state index is 0.0612. The SMILES string of the molecule is CC(C)(C)COC(C1COCCO1)C(C)(C)C. The van der Waals surface area contributed by atoms with Crippen molar-refractivity contribution >= 4 is 0 Å². The molecule has 1 aliphatic heterocycles. The third kappa shape index (κ3) is 5.36. The third-order valence-electron chi connectivity index (χ3n) is 2.73. The van der Waals surface area contributed by atoms with Gasteiger partial charge in [0.2, 0.25) is 0 Å². The van der Waals surface area contributed by atoms with Gasteiger partial charge in [0.05, 0.1) is 32.5 Å². The van der Waals surface area contributed by atoms with E-state index in [1.165, 1.54) is 0 Å². The van der Waals surface area contributed by atoms with E-state index in [2.05, 4.69) is 41.5 Å². The summed E-state index contributed by atoms with van der Waals surface area (Å²) in [4.78, 5) is 0. The molecule has 0 amide bonds. The van der Waals surface area contributed by atoms with Crippen LogP contribution in [-0.2, 0) is 14.2 Å². The highest BCUT2D eigenvalue weighted by Gasteiger charge is 2.36. The minimum Gasteiger partial charge on any atom is -0.376 e. The number of hydrogen-bond donors (Lipinski definition) is 0. The summed E-state index contributed by atoms with van der Waals surface area (Å²) in [7, 11) is 0. The van der Waals surface area contributed by atoms with E-state index in [0.717, 1.165) is 6.61 Å². The molecule has 3 nitrogen and oxygen atoms in total. The van der Waals surface area contributed by atoms with Gasteiger partial charge in [-0.25, -0.2) is 0 Å². The van der Waals surface area contributed by atoms with Crippen LogP contribution in [0.1, 0.15) is 41.5 Å². The van der Waals surface area contributed by atoms with Gasteiger partial charge >= 0.3 is 0 Å². The Hall–Kier alpha value is -0.120. The number of rotatable bonds is 3. The molecule has 1 aliphatic rings. The van der Waals surface area contributed by atoms with Crippen LogP contribution in [0.4, 0.5) is 0 Å². The summed E-state index contributed by atoms with van der Waals surface area (Å²) in [5, 5.41) is 0. The second-order valence-electron chi connectivity index (χ2n) is 7.14. The molecule has 0 spiro atoms. The zero-order chi connectivity index (χ0) is 13.1. The van der Waals surface area contributed by atoms with Crippen molar-refractivity contribution in [2.24, 2.45) is 10.8 Å². The summed E-state index contributed by atoms with van der Waals surface area (Å²) in [6.45, 7) is 15.9. The third-order valence-corrected chi connectivity index (χ3v) is 2.73. The zero-order valence-corrected chi connectivity index (χ0v) is 12.2. The van der Waals surface area contributed by atoms with Gasteiger partial charge in [0.1, 0.15) is 6.10 Å². The fraction of sp³-hybridized carbons (Fsp3) is 1.00. The fourth-order valence-corrected chi connectivity index (χ4v) is 1.94. The van der Waals surface area contributed by atoms with Crippen LogP contribution in [0.5, 0.6) is 0 Å². The van der Waals surface area contributed by atoms with Crippen LogP contribution in [0.2, 0.25) is 0 Å². The molecule has 0 saturated carbocycles. The molecule has 17 heavy (non-hydrogen) atoms. The van der Waals surface area contributed by atoms with Gasteiger partial charge in [0.25, 0.3) is 0 Å². The maximum Gasteiger partial charge on any atom is 0.108 e. The van der Waals surface area contributed by atoms with E-state index in [1.807, 2.05) is 0 Å². The van der Waals surface area contributed by atoms with Gasteiger partial charge in [-0.05, 0) is 10.8 Å². The van der Waals surface area contributed by atoms with Gasteiger partial charge in [-0.2, -0.15) is 0 Å². The fourth-order valence-electron chi connectivity index (χ4n) is 1.94. The molecule has 3 heteroatoms. The molecular formula is C14H28O3. The Kier molecular flexibility index (Phi) is 4.99. The summed E-state index contributed by atoms with van der Waals surface area (Å²) in [6.07, 6.45) is 0.146. The van der Waals surface area contributed by atoms with Crippen molar-refractivity contribution < 1.29 is 14.2 Å². The molecule has 1 rings (SSSR count). The maximum absolute atomic E-state index is 6.11. The van der Waals surface area contributed by atoms with Gasteiger partial charge in [-0.1, -0.05) is 41.5 Å². The molecule has 0 aromatic rings. The van der Waals surface area contributed by atoms with Gasteiger partial charge in [0, 0.05) is 0 Å². The molecule has 1 saturated heterocycles. The van der Waals surface area contributed by atoms with E-state index < -0.39 is 0 Å². The molecule has 1 fully saturated rings. The second kappa shape index (κ2) is 5.68. The molecule has 2 unspecified atom stereocenters. The Balaban J connectivity index is 2.60. The van der Waals surface area contributed by atoms with Gasteiger partial charge in [-0.15, -0.1) is 0 Å². The van der Waals surface area contributed by atoms with Crippen molar-refractivity contribution in [3.63, 3.8) is 0 Å². The van der Waals surface area contributed by atoms with Crippen LogP contribution in [0, 0.1) is 10.8 Å². The highest BCUT2D eigenvalue weighted by atomic mass is 16.6. The lowest BCUT2D eigenvalue weighted by molar-refractivity contribution is -0.179. The predicted molar refractivity (Wildman–Crippen MR) is 69.2 cm³/mol. The first-order valence-electron chi connectivity index (χ1n) is 6.51. The first kappa shape index (κ1) is 14.9. The summed E-state index contributed by atoms with van der Waals surface area (Å²) < 4.78 is 17.4. The topological polar surface area (TPSA) is 27.7 Å². The van der Waals surface area contributed by atoms with Gasteiger partial charge in [-0.3, -0.25) is 0 Å². The largest absolute Gasteiger partial charge is 0.376 e. The minimum atomic E-state index is 0.0612. The molecule has 0 aromatic heterocycles. The van der Waals surface area contributed by atoms with Crippen molar-refractivity contribution in [1.29, 1.82) is 0 Å². The van der Waals surface area contributed by atoms with Crippen LogP contribution in [0.3, 0.4) is 0 Å². The molecule has 0 radical (unpaired) electrons. The second-order valence-corrected chi connectivity index (χ2v) is 7.14. The molecule has 0 aromatic carbocycles. The van der Waals surface area contributed by atoms with E-state index in [1.54, 1.807) is 0 Å². The summed E-state index contributed by atoms with van der Waals surface area (Å²) >= 11 is 0. The first-order chi connectivity index (χ1) is 7.70. The van der Waals surface area contributed by atoms with Gasteiger partial charge < -0.3 is 14.2 Å². The molecule has 1 heterocycles. The van der Waals surface area contributed by atoms with E-state index in [-0.39, 0.29) is 23.0 Å². The van der Waals surface area contributed by atoms with Crippen molar-refractivity contribution in [1.82, 2.24) is 0 Å². The van der Waals surface area contributed by atoms with Crippen LogP contribution in [-0.4, -0.2) is 38.6 Å². The Morgan fingerprint density at radius 1 is 1.12 bits per heavy atom. The molecule has 0 aliphatic carbocycles. The Bertz CT molecular complexity index is 219.